The van der Waals surface area contributed by atoms with E-state index in [1.54, 1.807) is 0 Å². The molecule has 0 bridgehead atoms. The van der Waals surface area contributed by atoms with Crippen molar-refractivity contribution in [2.24, 2.45) is 28.1 Å². The molecule has 0 heterocycles. The van der Waals surface area contributed by atoms with Crippen molar-refractivity contribution in [3.63, 3.8) is 0 Å². The lowest BCUT2D eigenvalue weighted by atomic mass is 9.44. The first-order valence-corrected chi connectivity index (χ1v) is 9.58. The highest BCUT2D eigenvalue weighted by atomic mass is 16.3. The molecular formula is C20H34O5. The van der Waals surface area contributed by atoms with E-state index >= 15 is 0 Å². The molecule has 0 aromatic rings. The van der Waals surface area contributed by atoms with E-state index in [0.29, 0.717) is 25.2 Å². The van der Waals surface area contributed by atoms with Gasteiger partial charge >= 0.3 is 0 Å². The quantitative estimate of drug-likeness (QED) is 0.491. The van der Waals surface area contributed by atoms with Crippen molar-refractivity contribution >= 4 is 0 Å². The van der Waals surface area contributed by atoms with Crippen molar-refractivity contribution in [1.82, 2.24) is 0 Å². The summed E-state index contributed by atoms with van der Waals surface area (Å²) < 4.78 is 0. The van der Waals surface area contributed by atoms with Crippen LogP contribution in [0, 0.1) is 28.1 Å². The number of aliphatic hydroxyl groups is 5. The first kappa shape index (κ1) is 19.3. The monoisotopic (exact) mass is 354 g/mol. The minimum absolute atomic E-state index is 0.0690. The van der Waals surface area contributed by atoms with Gasteiger partial charge in [-0.05, 0) is 54.8 Å². The Labute approximate surface area is 150 Å². The van der Waals surface area contributed by atoms with Crippen LogP contribution in [0.2, 0.25) is 0 Å². The third-order valence-corrected chi connectivity index (χ3v) is 7.91. The highest BCUT2D eigenvalue weighted by Gasteiger charge is 2.59. The lowest BCUT2D eigenvalue weighted by Gasteiger charge is -2.61. The summed E-state index contributed by atoms with van der Waals surface area (Å²) in [5, 5.41) is 50.9. The van der Waals surface area contributed by atoms with Crippen LogP contribution in [0.15, 0.2) is 11.6 Å². The van der Waals surface area contributed by atoms with E-state index in [-0.39, 0.29) is 30.0 Å². The van der Waals surface area contributed by atoms with Gasteiger partial charge in [0.25, 0.3) is 0 Å². The second-order valence-electron chi connectivity index (χ2n) is 9.56. The molecule has 3 aliphatic rings. The molecule has 2 saturated carbocycles. The Balaban J connectivity index is 2.00. The average molecular weight is 354 g/mol. The van der Waals surface area contributed by atoms with Gasteiger partial charge in [-0.2, -0.15) is 0 Å². The van der Waals surface area contributed by atoms with Crippen LogP contribution in [0.4, 0.5) is 0 Å². The molecule has 0 aliphatic heterocycles. The summed E-state index contributed by atoms with van der Waals surface area (Å²) in [4.78, 5) is 0. The van der Waals surface area contributed by atoms with Crippen molar-refractivity contribution in [2.45, 2.75) is 71.2 Å². The molecule has 144 valence electrons. The van der Waals surface area contributed by atoms with Crippen LogP contribution in [0.25, 0.3) is 0 Å². The van der Waals surface area contributed by atoms with Crippen molar-refractivity contribution in [3.05, 3.63) is 11.6 Å². The predicted molar refractivity (Wildman–Crippen MR) is 94.7 cm³/mol. The molecule has 3 rings (SSSR count). The molecule has 5 N–H and O–H groups in total. The zero-order valence-electron chi connectivity index (χ0n) is 15.6. The molecule has 0 radical (unpaired) electrons. The van der Waals surface area contributed by atoms with E-state index in [0.717, 1.165) is 12.8 Å². The fourth-order valence-electron chi connectivity index (χ4n) is 6.43. The molecule has 5 heteroatoms. The third-order valence-electron chi connectivity index (χ3n) is 7.91. The smallest absolute Gasteiger partial charge is 0.0883 e. The van der Waals surface area contributed by atoms with E-state index < -0.39 is 23.7 Å². The van der Waals surface area contributed by atoms with Crippen molar-refractivity contribution in [3.8, 4) is 0 Å². The van der Waals surface area contributed by atoms with E-state index in [1.807, 2.05) is 13.0 Å². The number of fused-ring (bicyclic) bond motifs is 3. The standard InChI is InChI=1S/C20H34O5/c1-18(11-22)8-13(23)9-19(2)14-6-16(24)20(3,17(25)10-21)7-12(14)4-5-15(18)19/h7,13-17,21-25H,4-6,8-11H2,1-3H3/t13-,14-,15-,16-,17+,18+,19+,20-/m1/s1. The summed E-state index contributed by atoms with van der Waals surface area (Å²) in [5.74, 6) is 0.441. The van der Waals surface area contributed by atoms with Gasteiger partial charge in [-0.1, -0.05) is 32.4 Å². The normalized spacial score (nSPS) is 51.3. The maximum Gasteiger partial charge on any atom is 0.0883 e. The highest BCUT2D eigenvalue weighted by Crippen LogP contribution is 2.63. The molecular weight excluding hydrogens is 320 g/mol. The summed E-state index contributed by atoms with van der Waals surface area (Å²) >= 11 is 0. The maximum atomic E-state index is 10.8. The van der Waals surface area contributed by atoms with Crippen LogP contribution in [-0.4, -0.2) is 57.1 Å². The molecule has 0 aromatic heterocycles. The molecule has 0 aromatic carbocycles. The Kier molecular flexibility index (Phi) is 4.87. The first-order chi connectivity index (χ1) is 11.6. The summed E-state index contributed by atoms with van der Waals surface area (Å²) in [6.07, 6.45) is 3.50. The summed E-state index contributed by atoms with van der Waals surface area (Å²) in [5.41, 5.74) is -0.0782. The Morgan fingerprint density at radius 3 is 2.44 bits per heavy atom. The summed E-state index contributed by atoms with van der Waals surface area (Å²) in [7, 11) is 0. The molecule has 0 unspecified atom stereocenters. The van der Waals surface area contributed by atoms with Gasteiger partial charge in [-0.15, -0.1) is 0 Å². The third kappa shape index (κ3) is 2.79. The predicted octanol–water partition coefficient (Wildman–Crippen LogP) is 1.22. The van der Waals surface area contributed by atoms with Crippen LogP contribution in [0.5, 0.6) is 0 Å². The van der Waals surface area contributed by atoms with Gasteiger partial charge in [-0.25, -0.2) is 0 Å². The van der Waals surface area contributed by atoms with Crippen molar-refractivity contribution < 1.29 is 25.5 Å². The van der Waals surface area contributed by atoms with E-state index in [9.17, 15) is 25.5 Å². The van der Waals surface area contributed by atoms with Gasteiger partial charge < -0.3 is 25.5 Å². The van der Waals surface area contributed by atoms with Gasteiger partial charge in [0, 0.05) is 12.0 Å². The molecule has 8 atom stereocenters. The Bertz CT molecular complexity index is 548. The number of hydrogen-bond donors (Lipinski definition) is 5. The molecule has 5 nitrogen and oxygen atoms in total. The van der Waals surface area contributed by atoms with Gasteiger partial charge in [0.1, 0.15) is 0 Å². The Morgan fingerprint density at radius 2 is 1.84 bits per heavy atom. The van der Waals surface area contributed by atoms with Crippen LogP contribution < -0.4 is 0 Å². The van der Waals surface area contributed by atoms with Crippen LogP contribution in [0.3, 0.4) is 0 Å². The van der Waals surface area contributed by atoms with Crippen LogP contribution in [-0.2, 0) is 0 Å². The van der Waals surface area contributed by atoms with Gasteiger partial charge in [-0.3, -0.25) is 0 Å². The van der Waals surface area contributed by atoms with Crippen molar-refractivity contribution in [1.29, 1.82) is 0 Å². The Hall–Kier alpha value is -0.460. The van der Waals surface area contributed by atoms with Gasteiger partial charge in [0.05, 0.1) is 24.9 Å². The second kappa shape index (κ2) is 6.31. The lowest BCUT2D eigenvalue weighted by molar-refractivity contribution is -0.146. The topological polar surface area (TPSA) is 101 Å². The molecule has 3 aliphatic carbocycles. The molecule has 25 heavy (non-hydrogen) atoms. The highest BCUT2D eigenvalue weighted by molar-refractivity contribution is 5.27. The van der Waals surface area contributed by atoms with E-state index in [1.165, 1.54) is 5.57 Å². The van der Waals surface area contributed by atoms with Gasteiger partial charge in [0.15, 0.2) is 0 Å². The number of allylic oxidation sites excluding steroid dienone is 1. The average Bonchev–Trinajstić information content (AvgIpc) is 2.55. The second-order valence-corrected chi connectivity index (χ2v) is 9.56. The molecule has 0 spiro atoms. The van der Waals surface area contributed by atoms with Crippen molar-refractivity contribution in [2.75, 3.05) is 13.2 Å². The minimum atomic E-state index is -0.985. The summed E-state index contributed by atoms with van der Waals surface area (Å²) in [6.45, 7) is 5.78. The first-order valence-electron chi connectivity index (χ1n) is 9.58. The largest absolute Gasteiger partial charge is 0.396 e. The van der Waals surface area contributed by atoms with Crippen LogP contribution >= 0.6 is 0 Å². The van der Waals surface area contributed by atoms with E-state index in [2.05, 4.69) is 13.8 Å². The number of rotatable bonds is 3. The number of hydrogen-bond acceptors (Lipinski definition) is 5. The zero-order valence-corrected chi connectivity index (χ0v) is 15.6. The minimum Gasteiger partial charge on any atom is -0.396 e. The molecule has 2 fully saturated rings. The van der Waals surface area contributed by atoms with E-state index in [4.69, 9.17) is 0 Å². The fourth-order valence-corrected chi connectivity index (χ4v) is 6.43. The maximum absolute atomic E-state index is 10.8. The fraction of sp³-hybridized carbons (Fsp3) is 0.900. The molecule has 0 amide bonds. The molecule has 0 saturated heterocycles. The number of aliphatic hydroxyl groups excluding tert-OH is 5. The summed E-state index contributed by atoms with van der Waals surface area (Å²) in [6, 6.07) is 0. The lowest BCUT2D eigenvalue weighted by Crippen LogP contribution is -2.58. The zero-order chi connectivity index (χ0) is 18.6. The SMILES string of the molecule is C[C@@]1(CO)C[C@@H](O)C[C@@]2(C)[C@@H]3C[C@@H](O)[C@](C)([C@@H](O)CO)C=C3CC[C@H]12. The van der Waals surface area contributed by atoms with Gasteiger partial charge in [0.2, 0.25) is 0 Å². The van der Waals surface area contributed by atoms with Crippen LogP contribution in [0.1, 0.15) is 52.9 Å². The Morgan fingerprint density at radius 1 is 1.16 bits per heavy atom.